The predicted octanol–water partition coefficient (Wildman–Crippen LogP) is 5.23. The number of rotatable bonds is 4. The molecule has 0 fully saturated rings. The van der Waals surface area contributed by atoms with E-state index in [0.717, 1.165) is 10.7 Å². The van der Waals surface area contributed by atoms with Crippen LogP contribution in [0, 0.1) is 10.8 Å². The summed E-state index contributed by atoms with van der Waals surface area (Å²) in [5.74, 6) is 0. The summed E-state index contributed by atoms with van der Waals surface area (Å²) in [7, 11) is 0. The Morgan fingerprint density at radius 3 is 1.25 bits per heavy atom. The molecule has 0 aromatic carbocycles. The normalized spacial score (nSPS) is 37.4. The molecule has 2 aliphatic carbocycles. The van der Waals surface area contributed by atoms with E-state index in [1.165, 1.54) is 38.5 Å². The van der Waals surface area contributed by atoms with E-state index in [9.17, 15) is 0 Å². The van der Waals surface area contributed by atoms with Crippen LogP contribution in [0.1, 0.15) is 38.5 Å². The topological polar surface area (TPSA) is 0 Å². The van der Waals surface area contributed by atoms with Crippen LogP contribution in [0.2, 0.25) is 0 Å². The Morgan fingerprint density at radius 2 is 1.00 bits per heavy atom. The van der Waals surface area contributed by atoms with Crippen LogP contribution in [0.5, 0.6) is 0 Å². The van der Waals surface area contributed by atoms with Gasteiger partial charge in [0, 0.05) is 10.7 Å². The van der Waals surface area contributed by atoms with Crippen LogP contribution in [0.25, 0.3) is 0 Å². The van der Waals surface area contributed by atoms with Crippen molar-refractivity contribution < 1.29 is 0 Å². The van der Waals surface area contributed by atoms with Crippen LogP contribution >= 0.6 is 31.9 Å². The van der Waals surface area contributed by atoms with Crippen LogP contribution in [-0.4, -0.2) is 10.7 Å². The standard InChI is InChI=1S/C14H20Br2/c15-11-9-13-5-1-2-6-14(13,10-12-16)8-4-3-7-13/h1-4H,5-12H2. The lowest BCUT2D eigenvalue weighted by Crippen LogP contribution is -2.45. The van der Waals surface area contributed by atoms with Crippen LogP contribution in [0.3, 0.4) is 0 Å². The molecule has 0 saturated carbocycles. The second-order valence-electron chi connectivity index (χ2n) is 5.20. The van der Waals surface area contributed by atoms with Crippen molar-refractivity contribution in [1.82, 2.24) is 0 Å². The molecule has 0 nitrogen and oxygen atoms in total. The lowest BCUT2D eigenvalue weighted by atomic mass is 9.51. The second-order valence-corrected chi connectivity index (χ2v) is 6.78. The molecule has 2 rings (SSSR count). The van der Waals surface area contributed by atoms with Crippen molar-refractivity contribution in [2.24, 2.45) is 10.8 Å². The number of hydrogen-bond donors (Lipinski definition) is 0. The van der Waals surface area contributed by atoms with Crippen molar-refractivity contribution in [2.75, 3.05) is 10.7 Å². The highest BCUT2D eigenvalue weighted by Gasteiger charge is 2.49. The second kappa shape index (κ2) is 5.39. The molecule has 2 heteroatoms. The number of hydrogen-bond acceptors (Lipinski definition) is 0. The summed E-state index contributed by atoms with van der Waals surface area (Å²) in [5, 5.41) is 2.28. The van der Waals surface area contributed by atoms with Gasteiger partial charge in [0.1, 0.15) is 0 Å². The molecule has 0 aliphatic heterocycles. The first-order chi connectivity index (χ1) is 7.79. The van der Waals surface area contributed by atoms with Gasteiger partial charge in [-0.05, 0) is 49.4 Å². The molecular formula is C14H20Br2. The summed E-state index contributed by atoms with van der Waals surface area (Å²) < 4.78 is 0. The lowest BCUT2D eigenvalue weighted by Gasteiger charge is -2.54. The largest absolute Gasteiger partial charge is 0.0928 e. The fourth-order valence-corrected chi connectivity index (χ4v) is 5.09. The molecule has 0 radical (unpaired) electrons. The molecule has 0 atom stereocenters. The molecule has 0 bridgehead atoms. The van der Waals surface area contributed by atoms with Gasteiger partial charge in [0.25, 0.3) is 0 Å². The smallest absolute Gasteiger partial charge is 0.00370 e. The highest BCUT2D eigenvalue weighted by molar-refractivity contribution is 9.09. The Balaban J connectivity index is 2.32. The summed E-state index contributed by atoms with van der Waals surface area (Å²) in [4.78, 5) is 0. The van der Waals surface area contributed by atoms with E-state index in [4.69, 9.17) is 0 Å². The van der Waals surface area contributed by atoms with E-state index in [1.54, 1.807) is 0 Å². The minimum absolute atomic E-state index is 0.522. The maximum Gasteiger partial charge on any atom is 0.00370 e. The average Bonchev–Trinajstić information content (AvgIpc) is 2.30. The van der Waals surface area contributed by atoms with Gasteiger partial charge >= 0.3 is 0 Å². The molecule has 0 aromatic rings. The van der Waals surface area contributed by atoms with Gasteiger partial charge in [-0.15, -0.1) is 0 Å². The first-order valence-electron chi connectivity index (χ1n) is 6.21. The molecule has 0 unspecified atom stereocenters. The summed E-state index contributed by atoms with van der Waals surface area (Å²) in [5.41, 5.74) is 1.04. The molecule has 0 amide bonds. The predicted molar refractivity (Wildman–Crippen MR) is 78.4 cm³/mol. The fourth-order valence-electron chi connectivity index (χ4n) is 3.57. The molecule has 0 saturated heterocycles. The quantitative estimate of drug-likeness (QED) is 0.482. The highest BCUT2D eigenvalue weighted by Crippen LogP contribution is 2.59. The van der Waals surface area contributed by atoms with Crippen molar-refractivity contribution in [3.05, 3.63) is 24.3 Å². The Labute approximate surface area is 116 Å². The van der Waals surface area contributed by atoms with Gasteiger partial charge in [-0.3, -0.25) is 0 Å². The van der Waals surface area contributed by atoms with E-state index in [-0.39, 0.29) is 0 Å². The van der Waals surface area contributed by atoms with Crippen molar-refractivity contribution in [1.29, 1.82) is 0 Å². The fraction of sp³-hybridized carbons (Fsp3) is 0.714. The van der Waals surface area contributed by atoms with Gasteiger partial charge in [0.15, 0.2) is 0 Å². The lowest BCUT2D eigenvalue weighted by molar-refractivity contribution is 0.0190. The molecule has 16 heavy (non-hydrogen) atoms. The average molecular weight is 348 g/mol. The highest BCUT2D eigenvalue weighted by atomic mass is 79.9. The zero-order valence-corrected chi connectivity index (χ0v) is 12.9. The third-order valence-corrected chi connectivity index (χ3v) is 5.43. The summed E-state index contributed by atoms with van der Waals surface area (Å²) in [6, 6.07) is 0. The first kappa shape index (κ1) is 12.9. The molecular weight excluding hydrogens is 328 g/mol. The van der Waals surface area contributed by atoms with Crippen LogP contribution in [0.15, 0.2) is 24.3 Å². The number of alkyl halides is 2. The maximum atomic E-state index is 3.66. The van der Waals surface area contributed by atoms with Gasteiger partial charge in [-0.1, -0.05) is 56.2 Å². The first-order valence-corrected chi connectivity index (χ1v) is 8.45. The Bertz CT molecular complexity index is 245. The van der Waals surface area contributed by atoms with Gasteiger partial charge in [0.2, 0.25) is 0 Å². The van der Waals surface area contributed by atoms with E-state index >= 15 is 0 Å². The molecule has 0 N–H and O–H groups in total. The third-order valence-electron chi connectivity index (χ3n) is 4.64. The van der Waals surface area contributed by atoms with Gasteiger partial charge in [-0.2, -0.15) is 0 Å². The van der Waals surface area contributed by atoms with E-state index in [2.05, 4.69) is 56.2 Å². The van der Waals surface area contributed by atoms with E-state index in [0.29, 0.717) is 10.8 Å². The minimum atomic E-state index is 0.522. The summed E-state index contributed by atoms with van der Waals surface area (Å²) in [6.45, 7) is 0. The zero-order chi connectivity index (χ0) is 11.5. The third kappa shape index (κ3) is 2.08. The summed E-state index contributed by atoms with van der Waals surface area (Å²) in [6.07, 6.45) is 17.4. The monoisotopic (exact) mass is 346 g/mol. The van der Waals surface area contributed by atoms with Crippen molar-refractivity contribution in [2.45, 2.75) is 38.5 Å². The van der Waals surface area contributed by atoms with Crippen molar-refractivity contribution >= 4 is 31.9 Å². The molecule has 2 aliphatic rings. The SMILES string of the molecule is BrCCC12CC=CCC1(CCBr)CC=CC2. The number of halogens is 2. The molecule has 90 valence electrons. The van der Waals surface area contributed by atoms with Gasteiger partial charge in [-0.25, -0.2) is 0 Å². The Hall–Kier alpha value is 0.440. The van der Waals surface area contributed by atoms with E-state index < -0.39 is 0 Å². The van der Waals surface area contributed by atoms with Crippen LogP contribution in [0.4, 0.5) is 0 Å². The molecule has 0 heterocycles. The van der Waals surface area contributed by atoms with Crippen LogP contribution in [-0.2, 0) is 0 Å². The number of fused-ring (bicyclic) bond motifs is 1. The van der Waals surface area contributed by atoms with Gasteiger partial charge < -0.3 is 0 Å². The van der Waals surface area contributed by atoms with Crippen molar-refractivity contribution in [3.8, 4) is 0 Å². The maximum absolute atomic E-state index is 3.66. The van der Waals surface area contributed by atoms with Crippen LogP contribution < -0.4 is 0 Å². The van der Waals surface area contributed by atoms with Gasteiger partial charge in [0.05, 0.1) is 0 Å². The van der Waals surface area contributed by atoms with Crippen molar-refractivity contribution in [3.63, 3.8) is 0 Å². The molecule has 0 spiro atoms. The Morgan fingerprint density at radius 1 is 0.688 bits per heavy atom. The zero-order valence-electron chi connectivity index (χ0n) is 9.72. The molecule has 0 aromatic heterocycles. The van der Waals surface area contributed by atoms with E-state index in [1.807, 2.05) is 0 Å². The summed E-state index contributed by atoms with van der Waals surface area (Å²) >= 11 is 7.31. The Kier molecular flexibility index (Phi) is 4.34. The minimum Gasteiger partial charge on any atom is -0.0928 e. The number of allylic oxidation sites excluding steroid dienone is 4.